The second-order valence-corrected chi connectivity index (χ2v) is 7.07. The van der Waals surface area contributed by atoms with Crippen molar-refractivity contribution in [2.45, 2.75) is 38.0 Å². The Hall–Kier alpha value is -1.23. The van der Waals surface area contributed by atoms with Crippen LogP contribution in [-0.2, 0) is 5.41 Å². The zero-order valence-corrected chi connectivity index (χ0v) is 15.0. The molecule has 3 nitrogen and oxygen atoms in total. The predicted molar refractivity (Wildman–Crippen MR) is 98.9 cm³/mol. The van der Waals surface area contributed by atoms with Crippen molar-refractivity contribution in [3.05, 3.63) is 35.6 Å². The van der Waals surface area contributed by atoms with Crippen LogP contribution in [0.5, 0.6) is 0 Å². The van der Waals surface area contributed by atoms with E-state index in [-0.39, 0.29) is 11.2 Å². The molecule has 0 radical (unpaired) electrons. The van der Waals surface area contributed by atoms with Crippen LogP contribution in [0, 0.1) is 5.82 Å². The van der Waals surface area contributed by atoms with Crippen molar-refractivity contribution in [1.82, 2.24) is 10.6 Å². The standard InChI is InChI=1S/C18H28FN3S/c1-3-20-17(21-12-6-7-13-23-2)22-14-18(10-11-18)15-8-4-5-9-16(15)19/h4-5,8-9H,3,6-7,10-14H2,1-2H3,(H2,20,21,22). The van der Waals surface area contributed by atoms with Gasteiger partial charge in [0, 0.05) is 18.5 Å². The lowest BCUT2D eigenvalue weighted by atomic mass is 9.95. The summed E-state index contributed by atoms with van der Waals surface area (Å²) < 4.78 is 14.0. The quantitative estimate of drug-likeness (QED) is 0.411. The predicted octanol–water partition coefficient (Wildman–Crippen LogP) is 3.56. The molecule has 128 valence electrons. The lowest BCUT2D eigenvalue weighted by Crippen LogP contribution is -2.38. The molecule has 23 heavy (non-hydrogen) atoms. The van der Waals surface area contributed by atoms with E-state index < -0.39 is 0 Å². The third-order valence-electron chi connectivity index (χ3n) is 4.25. The lowest BCUT2D eigenvalue weighted by Gasteiger charge is -2.16. The monoisotopic (exact) mass is 337 g/mol. The van der Waals surface area contributed by atoms with Gasteiger partial charge in [-0.15, -0.1) is 0 Å². The van der Waals surface area contributed by atoms with E-state index in [1.165, 1.54) is 12.2 Å². The molecule has 0 heterocycles. The van der Waals surface area contributed by atoms with Gasteiger partial charge in [0.05, 0.1) is 6.54 Å². The van der Waals surface area contributed by atoms with Crippen molar-refractivity contribution in [3.63, 3.8) is 0 Å². The van der Waals surface area contributed by atoms with Crippen molar-refractivity contribution >= 4 is 17.7 Å². The number of hydrogen-bond acceptors (Lipinski definition) is 2. The largest absolute Gasteiger partial charge is 0.357 e. The number of unbranched alkanes of at least 4 members (excludes halogenated alkanes) is 1. The van der Waals surface area contributed by atoms with E-state index >= 15 is 0 Å². The van der Waals surface area contributed by atoms with Crippen LogP contribution in [0.25, 0.3) is 0 Å². The van der Waals surface area contributed by atoms with Crippen LogP contribution in [0.15, 0.2) is 29.3 Å². The minimum atomic E-state index is -0.102. The Kier molecular flexibility index (Phi) is 7.21. The van der Waals surface area contributed by atoms with Gasteiger partial charge in [0.15, 0.2) is 5.96 Å². The molecule has 5 heteroatoms. The van der Waals surface area contributed by atoms with E-state index in [1.54, 1.807) is 12.1 Å². The van der Waals surface area contributed by atoms with E-state index in [0.29, 0.717) is 6.54 Å². The Morgan fingerprint density at radius 2 is 2.04 bits per heavy atom. The van der Waals surface area contributed by atoms with Gasteiger partial charge in [0.2, 0.25) is 0 Å². The number of benzene rings is 1. The Labute approximate surface area is 143 Å². The van der Waals surface area contributed by atoms with Gasteiger partial charge in [-0.05, 0) is 56.2 Å². The maximum atomic E-state index is 14.0. The van der Waals surface area contributed by atoms with Crippen molar-refractivity contribution in [1.29, 1.82) is 0 Å². The smallest absolute Gasteiger partial charge is 0.191 e. The molecule has 1 aliphatic carbocycles. The first-order valence-corrected chi connectivity index (χ1v) is 9.87. The molecular formula is C18H28FN3S. The molecule has 1 fully saturated rings. The van der Waals surface area contributed by atoms with Gasteiger partial charge in [0.1, 0.15) is 5.82 Å². The summed E-state index contributed by atoms with van der Waals surface area (Å²) in [4.78, 5) is 4.71. The van der Waals surface area contributed by atoms with Crippen molar-refractivity contribution in [3.8, 4) is 0 Å². The van der Waals surface area contributed by atoms with Crippen LogP contribution < -0.4 is 10.6 Å². The number of nitrogens with one attached hydrogen (secondary N) is 2. The summed E-state index contributed by atoms with van der Waals surface area (Å²) in [6.07, 6.45) is 6.53. The van der Waals surface area contributed by atoms with Gasteiger partial charge in [-0.2, -0.15) is 11.8 Å². The molecule has 0 saturated heterocycles. The highest BCUT2D eigenvalue weighted by molar-refractivity contribution is 7.98. The summed E-state index contributed by atoms with van der Waals surface area (Å²) in [5, 5.41) is 6.66. The van der Waals surface area contributed by atoms with Gasteiger partial charge in [-0.1, -0.05) is 18.2 Å². The topological polar surface area (TPSA) is 36.4 Å². The minimum absolute atomic E-state index is 0.0907. The molecule has 0 aliphatic heterocycles. The summed E-state index contributed by atoms with van der Waals surface area (Å²) in [5.41, 5.74) is 0.728. The molecule has 1 aliphatic rings. The summed E-state index contributed by atoms with van der Waals surface area (Å²) in [6.45, 7) is 4.48. The molecule has 1 saturated carbocycles. The van der Waals surface area contributed by atoms with Crippen molar-refractivity contribution in [2.75, 3.05) is 31.6 Å². The van der Waals surface area contributed by atoms with E-state index in [9.17, 15) is 4.39 Å². The highest BCUT2D eigenvalue weighted by atomic mass is 32.2. The molecule has 0 atom stereocenters. The Morgan fingerprint density at radius 1 is 1.26 bits per heavy atom. The Balaban J connectivity index is 1.91. The average molecular weight is 338 g/mol. The van der Waals surface area contributed by atoms with Gasteiger partial charge < -0.3 is 10.6 Å². The van der Waals surface area contributed by atoms with Crippen LogP contribution in [0.1, 0.15) is 38.2 Å². The molecule has 1 aromatic rings. The SMILES string of the molecule is CCNC(=NCC1(c2ccccc2F)CC1)NCCCCSC. The first kappa shape index (κ1) is 18.1. The number of thioether (sulfide) groups is 1. The van der Waals surface area contributed by atoms with E-state index in [2.05, 4.69) is 23.8 Å². The van der Waals surface area contributed by atoms with E-state index in [4.69, 9.17) is 4.99 Å². The lowest BCUT2D eigenvalue weighted by molar-refractivity contribution is 0.572. The van der Waals surface area contributed by atoms with Gasteiger partial charge in [0.25, 0.3) is 0 Å². The number of guanidine groups is 1. The highest BCUT2D eigenvalue weighted by Crippen LogP contribution is 2.49. The molecule has 0 spiro atoms. The molecule has 2 rings (SSSR count). The zero-order valence-electron chi connectivity index (χ0n) is 14.2. The normalized spacial score (nSPS) is 16.2. The fraction of sp³-hybridized carbons (Fsp3) is 0.611. The zero-order chi connectivity index (χ0) is 16.5. The molecular weight excluding hydrogens is 309 g/mol. The fourth-order valence-corrected chi connectivity index (χ4v) is 3.20. The molecule has 2 N–H and O–H groups in total. The van der Waals surface area contributed by atoms with Crippen LogP contribution in [0.2, 0.25) is 0 Å². The first-order valence-electron chi connectivity index (χ1n) is 8.48. The first-order chi connectivity index (χ1) is 11.2. The Morgan fingerprint density at radius 3 is 2.70 bits per heavy atom. The number of halogens is 1. The second-order valence-electron chi connectivity index (χ2n) is 6.08. The number of nitrogens with zero attached hydrogens (tertiary/aromatic N) is 1. The van der Waals surface area contributed by atoms with Gasteiger partial charge in [-0.3, -0.25) is 4.99 Å². The highest BCUT2D eigenvalue weighted by Gasteiger charge is 2.45. The van der Waals surface area contributed by atoms with Crippen LogP contribution >= 0.6 is 11.8 Å². The third kappa shape index (κ3) is 5.41. The minimum Gasteiger partial charge on any atom is -0.357 e. The van der Waals surface area contributed by atoms with Crippen LogP contribution in [-0.4, -0.2) is 37.6 Å². The van der Waals surface area contributed by atoms with Crippen molar-refractivity contribution in [2.24, 2.45) is 4.99 Å². The Bertz CT molecular complexity index is 515. The molecule has 0 unspecified atom stereocenters. The molecule has 1 aromatic carbocycles. The maximum Gasteiger partial charge on any atom is 0.191 e. The number of hydrogen-bond donors (Lipinski definition) is 2. The van der Waals surface area contributed by atoms with Gasteiger partial charge >= 0.3 is 0 Å². The maximum absolute atomic E-state index is 14.0. The fourth-order valence-electron chi connectivity index (χ4n) is 2.71. The summed E-state index contributed by atoms with van der Waals surface area (Å²) in [6, 6.07) is 7.12. The molecule has 0 bridgehead atoms. The van der Waals surface area contributed by atoms with Crippen LogP contribution in [0.3, 0.4) is 0 Å². The van der Waals surface area contributed by atoms with Gasteiger partial charge in [-0.25, -0.2) is 4.39 Å². The second kappa shape index (κ2) is 9.16. The van der Waals surface area contributed by atoms with Crippen molar-refractivity contribution < 1.29 is 4.39 Å². The number of aliphatic imine (C=N–C) groups is 1. The average Bonchev–Trinajstić information content (AvgIpc) is 3.34. The summed E-state index contributed by atoms with van der Waals surface area (Å²) >= 11 is 1.88. The molecule has 0 amide bonds. The summed E-state index contributed by atoms with van der Waals surface area (Å²) in [7, 11) is 0. The third-order valence-corrected chi connectivity index (χ3v) is 4.95. The van der Waals surface area contributed by atoms with E-state index in [0.717, 1.165) is 43.9 Å². The summed E-state index contributed by atoms with van der Waals surface area (Å²) in [5.74, 6) is 1.95. The molecule has 0 aromatic heterocycles. The van der Waals surface area contributed by atoms with E-state index in [1.807, 2.05) is 23.9 Å². The number of rotatable bonds is 9. The van der Waals surface area contributed by atoms with Crippen LogP contribution in [0.4, 0.5) is 4.39 Å².